The molecule has 1 unspecified atom stereocenters. The van der Waals surface area contributed by atoms with Crippen molar-refractivity contribution < 1.29 is 19.4 Å². The van der Waals surface area contributed by atoms with Crippen LogP contribution in [0, 0.1) is 0 Å². The number of carbonyl (C=O) groups is 2. The molecule has 6 nitrogen and oxygen atoms in total. The van der Waals surface area contributed by atoms with Crippen molar-refractivity contribution in [2.75, 3.05) is 20.8 Å². The van der Waals surface area contributed by atoms with Gasteiger partial charge in [0.05, 0.1) is 6.61 Å². The largest absolute Gasteiger partial charge is 0.480 e. The first-order chi connectivity index (χ1) is 9.45. The molecule has 0 aliphatic carbocycles. The summed E-state index contributed by atoms with van der Waals surface area (Å²) in [6.45, 7) is 0.288. The van der Waals surface area contributed by atoms with Gasteiger partial charge in [0.2, 0.25) is 0 Å². The molecule has 0 heterocycles. The minimum absolute atomic E-state index is 0.0794. The van der Waals surface area contributed by atoms with Gasteiger partial charge in [-0.25, -0.2) is 9.59 Å². The predicted molar refractivity (Wildman–Crippen MR) is 77.4 cm³/mol. The lowest BCUT2D eigenvalue weighted by Crippen LogP contribution is -2.48. The Hall–Kier alpha value is -1.60. The summed E-state index contributed by atoms with van der Waals surface area (Å²) in [5, 5.41) is 11.4. The molecule has 0 spiro atoms. The SMILES string of the molecule is COCC(NC(=O)N(C)Cc1ccccc1Br)C(=O)O. The highest BCUT2D eigenvalue weighted by Crippen LogP contribution is 2.17. The molecular formula is C13H17BrN2O4. The number of hydrogen-bond acceptors (Lipinski definition) is 3. The van der Waals surface area contributed by atoms with E-state index >= 15 is 0 Å². The fourth-order valence-electron chi connectivity index (χ4n) is 1.55. The van der Waals surface area contributed by atoms with Crippen molar-refractivity contribution in [1.82, 2.24) is 10.2 Å². The molecule has 0 fully saturated rings. The van der Waals surface area contributed by atoms with Crippen LogP contribution in [-0.2, 0) is 16.1 Å². The third-order valence-electron chi connectivity index (χ3n) is 2.64. The monoisotopic (exact) mass is 344 g/mol. The zero-order valence-electron chi connectivity index (χ0n) is 11.3. The molecule has 2 amide bonds. The molecule has 20 heavy (non-hydrogen) atoms. The summed E-state index contributed by atoms with van der Waals surface area (Å²) in [5.74, 6) is -1.13. The maximum atomic E-state index is 11.9. The van der Waals surface area contributed by atoms with E-state index in [1.165, 1.54) is 12.0 Å². The van der Waals surface area contributed by atoms with Gasteiger partial charge in [0.25, 0.3) is 0 Å². The molecule has 7 heteroatoms. The second-order valence-electron chi connectivity index (χ2n) is 4.24. The topological polar surface area (TPSA) is 78.9 Å². The molecule has 0 aliphatic heterocycles. The molecule has 1 aromatic carbocycles. The maximum absolute atomic E-state index is 11.9. The second kappa shape index (κ2) is 7.86. The van der Waals surface area contributed by atoms with Crippen LogP contribution in [0.15, 0.2) is 28.7 Å². The van der Waals surface area contributed by atoms with Gasteiger partial charge in [-0.2, -0.15) is 0 Å². The Morgan fingerprint density at radius 2 is 2.10 bits per heavy atom. The van der Waals surface area contributed by atoms with E-state index in [0.29, 0.717) is 6.54 Å². The van der Waals surface area contributed by atoms with Gasteiger partial charge in [0.1, 0.15) is 0 Å². The van der Waals surface area contributed by atoms with Crippen molar-refractivity contribution in [2.45, 2.75) is 12.6 Å². The van der Waals surface area contributed by atoms with E-state index in [0.717, 1.165) is 10.0 Å². The number of methoxy groups -OCH3 is 1. The van der Waals surface area contributed by atoms with Crippen LogP contribution in [0.4, 0.5) is 4.79 Å². The van der Waals surface area contributed by atoms with Crippen molar-refractivity contribution in [3.05, 3.63) is 34.3 Å². The van der Waals surface area contributed by atoms with Crippen LogP contribution in [0.1, 0.15) is 5.56 Å². The summed E-state index contributed by atoms with van der Waals surface area (Å²) in [6, 6.07) is 5.99. The molecule has 0 radical (unpaired) electrons. The molecule has 0 bridgehead atoms. The van der Waals surface area contributed by atoms with E-state index in [4.69, 9.17) is 9.84 Å². The predicted octanol–water partition coefficient (Wildman–Crippen LogP) is 1.69. The summed E-state index contributed by atoms with van der Waals surface area (Å²) in [7, 11) is 2.98. The third-order valence-corrected chi connectivity index (χ3v) is 3.41. The van der Waals surface area contributed by atoms with Crippen molar-refractivity contribution in [1.29, 1.82) is 0 Å². The van der Waals surface area contributed by atoms with Crippen LogP contribution >= 0.6 is 15.9 Å². The van der Waals surface area contributed by atoms with E-state index in [1.807, 2.05) is 24.3 Å². The normalized spacial score (nSPS) is 11.8. The van der Waals surface area contributed by atoms with E-state index in [9.17, 15) is 9.59 Å². The van der Waals surface area contributed by atoms with Gasteiger partial charge in [-0.15, -0.1) is 0 Å². The molecule has 0 saturated heterocycles. The number of carboxylic acids is 1. The van der Waals surface area contributed by atoms with Crippen molar-refractivity contribution in [3.63, 3.8) is 0 Å². The molecule has 1 rings (SSSR count). The fraction of sp³-hybridized carbons (Fsp3) is 0.385. The first-order valence-corrected chi connectivity index (χ1v) is 6.71. The summed E-state index contributed by atoms with van der Waals surface area (Å²) >= 11 is 3.40. The van der Waals surface area contributed by atoms with Gasteiger partial charge >= 0.3 is 12.0 Å². The molecule has 1 aromatic rings. The van der Waals surface area contributed by atoms with E-state index in [1.54, 1.807) is 7.05 Å². The highest BCUT2D eigenvalue weighted by atomic mass is 79.9. The highest BCUT2D eigenvalue weighted by Gasteiger charge is 2.21. The smallest absolute Gasteiger partial charge is 0.328 e. The fourth-order valence-corrected chi connectivity index (χ4v) is 1.96. The average molecular weight is 345 g/mol. The Labute approximate surface area is 125 Å². The third kappa shape index (κ3) is 4.82. The van der Waals surface area contributed by atoms with Gasteiger partial charge in [-0.1, -0.05) is 34.1 Å². The molecule has 0 saturated carbocycles. The number of benzene rings is 1. The number of aliphatic carboxylic acids is 1. The summed E-state index contributed by atoms with van der Waals surface area (Å²) in [6.07, 6.45) is 0. The van der Waals surface area contributed by atoms with Crippen LogP contribution in [0.5, 0.6) is 0 Å². The lowest BCUT2D eigenvalue weighted by atomic mass is 10.2. The number of carbonyl (C=O) groups excluding carboxylic acids is 1. The Morgan fingerprint density at radius 3 is 2.65 bits per heavy atom. The minimum Gasteiger partial charge on any atom is -0.480 e. The quantitative estimate of drug-likeness (QED) is 0.822. The lowest BCUT2D eigenvalue weighted by molar-refractivity contribution is -0.140. The maximum Gasteiger partial charge on any atom is 0.328 e. The first-order valence-electron chi connectivity index (χ1n) is 5.92. The molecule has 2 N–H and O–H groups in total. The lowest BCUT2D eigenvalue weighted by Gasteiger charge is -2.21. The summed E-state index contributed by atoms with van der Waals surface area (Å²) in [4.78, 5) is 24.3. The second-order valence-corrected chi connectivity index (χ2v) is 5.10. The molecular weight excluding hydrogens is 328 g/mol. The van der Waals surface area contributed by atoms with Crippen molar-refractivity contribution in [2.24, 2.45) is 0 Å². The van der Waals surface area contributed by atoms with Gasteiger partial charge in [-0.05, 0) is 11.6 Å². The summed E-state index contributed by atoms with van der Waals surface area (Å²) in [5.41, 5.74) is 0.934. The number of halogens is 1. The molecule has 0 aliphatic rings. The van der Waals surface area contributed by atoms with E-state index in [2.05, 4.69) is 21.2 Å². The zero-order valence-corrected chi connectivity index (χ0v) is 12.9. The van der Waals surface area contributed by atoms with Crippen molar-refractivity contribution >= 4 is 27.9 Å². The van der Waals surface area contributed by atoms with Crippen LogP contribution < -0.4 is 5.32 Å². The van der Waals surface area contributed by atoms with Crippen LogP contribution in [0.3, 0.4) is 0 Å². The Balaban J connectivity index is 2.63. The van der Waals surface area contributed by atoms with Crippen LogP contribution in [0.25, 0.3) is 0 Å². The molecule has 110 valence electrons. The van der Waals surface area contributed by atoms with Gasteiger partial charge < -0.3 is 20.1 Å². The number of rotatable bonds is 6. The molecule has 0 aromatic heterocycles. The highest BCUT2D eigenvalue weighted by molar-refractivity contribution is 9.10. The van der Waals surface area contributed by atoms with Crippen LogP contribution in [0.2, 0.25) is 0 Å². The first kappa shape index (κ1) is 16.5. The number of nitrogens with one attached hydrogen (secondary N) is 1. The number of ether oxygens (including phenoxy) is 1. The van der Waals surface area contributed by atoms with Gasteiger partial charge in [0, 0.05) is 25.2 Å². The van der Waals surface area contributed by atoms with Crippen molar-refractivity contribution in [3.8, 4) is 0 Å². The van der Waals surface area contributed by atoms with Gasteiger partial charge in [-0.3, -0.25) is 0 Å². The number of carboxylic acid groups (broad SMARTS) is 1. The van der Waals surface area contributed by atoms with Crippen LogP contribution in [-0.4, -0.2) is 48.8 Å². The number of urea groups is 1. The number of hydrogen-bond donors (Lipinski definition) is 2. The van der Waals surface area contributed by atoms with Gasteiger partial charge in [0.15, 0.2) is 6.04 Å². The zero-order chi connectivity index (χ0) is 15.1. The van der Waals surface area contributed by atoms with E-state index in [-0.39, 0.29) is 6.61 Å². The van der Waals surface area contributed by atoms with E-state index < -0.39 is 18.0 Å². The Bertz CT molecular complexity index is 481. The number of nitrogens with zero attached hydrogens (tertiary/aromatic N) is 1. The Kier molecular flexibility index (Phi) is 6.47. The molecule has 1 atom stereocenters. The Morgan fingerprint density at radius 1 is 1.45 bits per heavy atom. The summed E-state index contributed by atoms with van der Waals surface area (Å²) < 4.78 is 5.66. The minimum atomic E-state index is -1.13. The average Bonchev–Trinajstić information content (AvgIpc) is 2.40. The number of amides is 2. The standard InChI is InChI=1S/C13H17BrN2O4/c1-16(7-9-5-3-4-6-10(9)14)13(19)15-11(8-20-2)12(17)18/h3-6,11H,7-8H2,1-2H3,(H,15,19)(H,17,18).